The molecule has 0 radical (unpaired) electrons. The minimum absolute atomic E-state index is 0.843. The first-order chi connectivity index (χ1) is 3.85. The van der Waals surface area contributed by atoms with Crippen LogP contribution in [0.25, 0.3) is 0 Å². The fraction of sp³-hybridized carbons (Fsp3) is 1.00. The van der Waals surface area contributed by atoms with Gasteiger partial charge in [-0.25, -0.2) is 0 Å². The normalized spacial score (nSPS) is 16.3. The number of rotatable bonds is 1. The van der Waals surface area contributed by atoms with Crippen LogP contribution in [0.4, 0.5) is 13.2 Å². The Balaban J connectivity index is 3.88. The van der Waals surface area contributed by atoms with Crippen molar-refractivity contribution in [3.63, 3.8) is 0 Å². The molecule has 1 atom stereocenters. The number of hydrogen-bond donors (Lipinski definition) is 0. The van der Waals surface area contributed by atoms with Gasteiger partial charge in [0.1, 0.15) is 5.25 Å². The molecule has 5 heteroatoms. The minimum Gasteiger partial charge on any atom is -0.609 e. The summed E-state index contributed by atoms with van der Waals surface area (Å²) in [6, 6.07) is 0. The smallest absolute Gasteiger partial charge is 0.572 e. The van der Waals surface area contributed by atoms with Crippen molar-refractivity contribution >= 4 is 11.2 Å². The van der Waals surface area contributed by atoms with Crippen molar-refractivity contribution in [1.29, 1.82) is 0 Å². The molecule has 0 N–H and O–H groups in total. The van der Waals surface area contributed by atoms with E-state index < -0.39 is 21.9 Å². The fourth-order valence-corrected chi connectivity index (χ4v) is 0.802. The Hall–Kier alpha value is 0.100. The van der Waals surface area contributed by atoms with E-state index in [1.165, 1.54) is 13.8 Å². The van der Waals surface area contributed by atoms with Gasteiger partial charge in [-0.2, -0.15) is 0 Å². The van der Waals surface area contributed by atoms with E-state index in [1.54, 1.807) is 0 Å². The molecule has 56 valence electrons. The molecule has 0 aliphatic rings. The van der Waals surface area contributed by atoms with Crippen LogP contribution in [0.5, 0.6) is 0 Å². The highest BCUT2D eigenvalue weighted by Gasteiger charge is 2.45. The average Bonchev–Trinajstić information content (AvgIpc) is 1.62. The lowest BCUT2D eigenvalue weighted by Gasteiger charge is -2.15. The van der Waals surface area contributed by atoms with E-state index in [0.717, 1.165) is 0 Å². The third kappa shape index (κ3) is 2.95. The van der Waals surface area contributed by atoms with Gasteiger partial charge in [-0.15, -0.1) is 13.2 Å². The first kappa shape index (κ1) is 9.10. The number of hydrogen-bond acceptors (Lipinski definition) is 1. The van der Waals surface area contributed by atoms with Crippen molar-refractivity contribution in [2.45, 2.75) is 24.6 Å². The summed E-state index contributed by atoms with van der Waals surface area (Å²) in [7, 11) is 0. The van der Waals surface area contributed by atoms with Crippen molar-refractivity contribution in [2.24, 2.45) is 0 Å². The molecule has 0 spiro atoms. The van der Waals surface area contributed by atoms with E-state index in [-0.39, 0.29) is 0 Å². The molecule has 0 heterocycles. The minimum atomic E-state index is -4.55. The van der Waals surface area contributed by atoms with Crippen LogP contribution in [0.1, 0.15) is 13.8 Å². The van der Waals surface area contributed by atoms with E-state index in [9.17, 15) is 17.7 Å². The summed E-state index contributed by atoms with van der Waals surface area (Å²) in [4.78, 5) is 0. The average molecular weight is 160 g/mol. The summed E-state index contributed by atoms with van der Waals surface area (Å²) in [6.45, 7) is 2.53. The van der Waals surface area contributed by atoms with E-state index >= 15 is 0 Å². The Bertz CT molecular complexity index is 90.3. The SMILES string of the molecule is CC(C)[S+]([O-])C(F)(F)F. The first-order valence-electron chi connectivity index (χ1n) is 2.33. The molecule has 0 saturated heterocycles. The molecule has 0 saturated carbocycles. The highest BCUT2D eigenvalue weighted by molar-refractivity contribution is 7.92. The second-order valence-corrected chi connectivity index (χ2v) is 3.79. The van der Waals surface area contributed by atoms with Crippen LogP contribution in [0, 0.1) is 0 Å². The number of alkyl halides is 3. The highest BCUT2D eigenvalue weighted by Crippen LogP contribution is 2.26. The first-order valence-corrected chi connectivity index (χ1v) is 3.54. The van der Waals surface area contributed by atoms with Crippen LogP contribution < -0.4 is 0 Å². The summed E-state index contributed by atoms with van der Waals surface area (Å²) in [5.74, 6) is 0. The molecule has 0 amide bonds. The highest BCUT2D eigenvalue weighted by atomic mass is 32.2. The Morgan fingerprint density at radius 3 is 1.67 bits per heavy atom. The Labute approximate surface area is 54.4 Å². The Morgan fingerprint density at radius 2 is 1.67 bits per heavy atom. The van der Waals surface area contributed by atoms with Crippen molar-refractivity contribution < 1.29 is 17.7 Å². The van der Waals surface area contributed by atoms with Gasteiger partial charge in [-0.05, 0) is 13.8 Å². The van der Waals surface area contributed by atoms with E-state index in [0.29, 0.717) is 0 Å². The topological polar surface area (TPSA) is 23.1 Å². The molecular weight excluding hydrogens is 153 g/mol. The Morgan fingerprint density at radius 1 is 1.33 bits per heavy atom. The van der Waals surface area contributed by atoms with Gasteiger partial charge >= 0.3 is 5.51 Å². The zero-order valence-corrected chi connectivity index (χ0v) is 5.84. The molecule has 0 aliphatic carbocycles. The van der Waals surface area contributed by atoms with Gasteiger partial charge in [0.25, 0.3) is 0 Å². The number of halogens is 3. The molecule has 1 unspecified atom stereocenters. The molecule has 0 bridgehead atoms. The lowest BCUT2D eigenvalue weighted by Crippen LogP contribution is -2.30. The van der Waals surface area contributed by atoms with Crippen LogP contribution in [0.2, 0.25) is 0 Å². The van der Waals surface area contributed by atoms with Crippen LogP contribution >= 0.6 is 0 Å². The molecule has 0 rings (SSSR count). The summed E-state index contributed by atoms with van der Waals surface area (Å²) < 4.78 is 44.3. The maximum atomic E-state index is 11.4. The predicted octanol–water partition coefficient (Wildman–Crippen LogP) is 1.66. The third-order valence-electron chi connectivity index (χ3n) is 0.656. The van der Waals surface area contributed by atoms with E-state index in [4.69, 9.17) is 0 Å². The molecule has 0 aromatic heterocycles. The van der Waals surface area contributed by atoms with Crippen molar-refractivity contribution in [3.05, 3.63) is 0 Å². The van der Waals surface area contributed by atoms with E-state index in [2.05, 4.69) is 0 Å². The predicted molar refractivity (Wildman–Crippen MR) is 29.3 cm³/mol. The molecule has 1 nitrogen and oxygen atoms in total. The second-order valence-electron chi connectivity index (χ2n) is 1.79. The van der Waals surface area contributed by atoms with Crippen molar-refractivity contribution in [3.8, 4) is 0 Å². The summed E-state index contributed by atoms with van der Waals surface area (Å²) >= 11 is -2.69. The van der Waals surface area contributed by atoms with Crippen molar-refractivity contribution in [2.75, 3.05) is 0 Å². The van der Waals surface area contributed by atoms with Gasteiger partial charge in [0, 0.05) is 0 Å². The van der Waals surface area contributed by atoms with Gasteiger partial charge in [-0.3, -0.25) is 0 Å². The standard InChI is InChI=1S/C4H7F3OS/c1-3(2)9(8)4(5,6)7/h3H,1-2H3. The monoisotopic (exact) mass is 160 g/mol. The maximum absolute atomic E-state index is 11.4. The van der Waals surface area contributed by atoms with Crippen LogP contribution in [0.3, 0.4) is 0 Å². The zero-order chi connectivity index (χ0) is 7.65. The lowest BCUT2D eigenvalue weighted by atomic mass is 10.6. The molecule has 0 aromatic carbocycles. The largest absolute Gasteiger partial charge is 0.609 e. The van der Waals surface area contributed by atoms with Crippen LogP contribution in [-0.2, 0) is 11.2 Å². The van der Waals surface area contributed by atoms with Gasteiger partial charge in [0.05, 0.1) is 11.2 Å². The Kier molecular flexibility index (Phi) is 2.82. The summed E-state index contributed by atoms with van der Waals surface area (Å²) in [5.41, 5.74) is -4.55. The molecule has 9 heavy (non-hydrogen) atoms. The van der Waals surface area contributed by atoms with Crippen molar-refractivity contribution in [1.82, 2.24) is 0 Å². The quantitative estimate of drug-likeness (QED) is 0.535. The lowest BCUT2D eigenvalue weighted by molar-refractivity contribution is -0.0441. The van der Waals surface area contributed by atoms with Gasteiger partial charge in [0.15, 0.2) is 0 Å². The zero-order valence-electron chi connectivity index (χ0n) is 5.03. The maximum Gasteiger partial charge on any atom is 0.572 e. The third-order valence-corrected chi connectivity index (χ3v) is 1.97. The molecule has 0 fully saturated rings. The van der Waals surface area contributed by atoms with Crippen LogP contribution in [0.15, 0.2) is 0 Å². The van der Waals surface area contributed by atoms with Crippen LogP contribution in [-0.4, -0.2) is 15.3 Å². The summed E-state index contributed by atoms with van der Waals surface area (Å²) in [6.07, 6.45) is 0. The molecule has 0 aliphatic heterocycles. The van der Waals surface area contributed by atoms with Gasteiger partial charge in [0.2, 0.25) is 0 Å². The van der Waals surface area contributed by atoms with Gasteiger partial charge in [-0.1, -0.05) is 0 Å². The molecule has 0 aromatic rings. The molecular formula is C4H7F3OS. The van der Waals surface area contributed by atoms with Gasteiger partial charge < -0.3 is 4.55 Å². The second kappa shape index (κ2) is 2.79. The fourth-order valence-electron chi connectivity index (χ4n) is 0.267. The summed E-state index contributed by atoms with van der Waals surface area (Å²) in [5, 5.41) is -0.843. The van der Waals surface area contributed by atoms with E-state index in [1.807, 2.05) is 0 Å².